The number of ether oxygens (including phenoxy) is 1. The van der Waals surface area contributed by atoms with Gasteiger partial charge < -0.3 is 14.5 Å². The van der Waals surface area contributed by atoms with Crippen LogP contribution in [0.25, 0.3) is 0 Å². The standard InChI is InChI=1S/C15H23N3O4S/c1-4-17-7-9-18(10-8-17)12-5-6-13(14(11-12)22-2)15(19)16-23(3,20)21/h5-6,11H,4,7-10H2,1-3H3,(H,16,19). The monoisotopic (exact) mass is 341 g/mol. The Bertz CT molecular complexity index is 667. The van der Waals surface area contributed by atoms with Crippen molar-refractivity contribution in [3.63, 3.8) is 0 Å². The van der Waals surface area contributed by atoms with Crippen molar-refractivity contribution in [3.05, 3.63) is 23.8 Å². The lowest BCUT2D eigenvalue weighted by Crippen LogP contribution is -2.46. The summed E-state index contributed by atoms with van der Waals surface area (Å²) in [6, 6.07) is 5.20. The zero-order valence-electron chi connectivity index (χ0n) is 13.7. The highest BCUT2D eigenvalue weighted by Crippen LogP contribution is 2.26. The Morgan fingerprint density at radius 3 is 2.43 bits per heavy atom. The first-order valence-electron chi connectivity index (χ1n) is 7.51. The highest BCUT2D eigenvalue weighted by molar-refractivity contribution is 7.89. The van der Waals surface area contributed by atoms with E-state index in [1.54, 1.807) is 12.1 Å². The summed E-state index contributed by atoms with van der Waals surface area (Å²) in [6.07, 6.45) is 0.943. The minimum atomic E-state index is -3.61. The van der Waals surface area contributed by atoms with E-state index >= 15 is 0 Å². The van der Waals surface area contributed by atoms with Crippen LogP contribution in [-0.4, -0.2) is 65.3 Å². The van der Waals surface area contributed by atoms with E-state index in [1.165, 1.54) is 7.11 Å². The average Bonchev–Trinajstić information content (AvgIpc) is 2.52. The van der Waals surface area contributed by atoms with Crippen LogP contribution in [0.5, 0.6) is 5.75 Å². The summed E-state index contributed by atoms with van der Waals surface area (Å²) in [5, 5.41) is 0. The zero-order chi connectivity index (χ0) is 17.0. The summed E-state index contributed by atoms with van der Waals surface area (Å²) in [5.74, 6) is -0.326. The van der Waals surface area contributed by atoms with E-state index in [9.17, 15) is 13.2 Å². The van der Waals surface area contributed by atoms with Gasteiger partial charge in [-0.3, -0.25) is 4.79 Å². The molecule has 1 aromatic carbocycles. The topological polar surface area (TPSA) is 79.0 Å². The lowest BCUT2D eigenvalue weighted by molar-refractivity contribution is 0.0978. The first-order chi connectivity index (χ1) is 10.8. The number of amides is 1. The Hall–Kier alpha value is -1.80. The number of sulfonamides is 1. The molecule has 0 aromatic heterocycles. The molecule has 0 aliphatic carbocycles. The number of piperazine rings is 1. The molecule has 0 unspecified atom stereocenters. The molecule has 0 bridgehead atoms. The minimum absolute atomic E-state index is 0.203. The molecular weight excluding hydrogens is 318 g/mol. The molecule has 0 saturated carbocycles. The fourth-order valence-electron chi connectivity index (χ4n) is 2.61. The zero-order valence-corrected chi connectivity index (χ0v) is 14.5. The molecule has 0 atom stereocenters. The molecule has 128 valence electrons. The van der Waals surface area contributed by atoms with Crippen molar-refractivity contribution in [1.29, 1.82) is 0 Å². The third-order valence-corrected chi connectivity index (χ3v) is 4.45. The van der Waals surface area contributed by atoms with Gasteiger partial charge in [-0.05, 0) is 18.7 Å². The molecule has 1 saturated heterocycles. The molecular formula is C15H23N3O4S. The van der Waals surface area contributed by atoms with Crippen molar-refractivity contribution in [2.45, 2.75) is 6.92 Å². The summed E-state index contributed by atoms with van der Waals surface area (Å²) >= 11 is 0. The van der Waals surface area contributed by atoms with Crippen molar-refractivity contribution >= 4 is 21.6 Å². The Morgan fingerprint density at radius 1 is 1.26 bits per heavy atom. The van der Waals surface area contributed by atoms with Crippen LogP contribution in [0.4, 0.5) is 5.69 Å². The summed E-state index contributed by atoms with van der Waals surface area (Å²) in [4.78, 5) is 16.6. The largest absolute Gasteiger partial charge is 0.496 e. The predicted octanol–water partition coefficient (Wildman–Crippen LogP) is 0.527. The summed E-state index contributed by atoms with van der Waals surface area (Å²) in [7, 11) is -2.14. The van der Waals surface area contributed by atoms with Crippen LogP contribution in [0.15, 0.2) is 18.2 Å². The van der Waals surface area contributed by atoms with Gasteiger partial charge in [0, 0.05) is 37.9 Å². The van der Waals surface area contributed by atoms with Crippen molar-refractivity contribution in [3.8, 4) is 5.75 Å². The van der Waals surface area contributed by atoms with Gasteiger partial charge in [-0.25, -0.2) is 13.1 Å². The average molecular weight is 341 g/mol. The third-order valence-electron chi connectivity index (χ3n) is 3.89. The molecule has 1 N–H and O–H groups in total. The molecule has 1 aromatic rings. The van der Waals surface area contributed by atoms with Crippen molar-refractivity contribution in [2.24, 2.45) is 0 Å². The van der Waals surface area contributed by atoms with Crippen LogP contribution in [0.1, 0.15) is 17.3 Å². The Labute approximate surface area is 137 Å². The molecule has 2 rings (SSSR count). The third kappa shape index (κ3) is 4.59. The highest BCUT2D eigenvalue weighted by atomic mass is 32.2. The first kappa shape index (κ1) is 17.6. The second-order valence-electron chi connectivity index (χ2n) is 5.51. The van der Waals surface area contributed by atoms with Gasteiger partial charge in [-0.2, -0.15) is 0 Å². The second kappa shape index (κ2) is 7.18. The normalized spacial score (nSPS) is 16.2. The van der Waals surface area contributed by atoms with Crippen LogP contribution in [-0.2, 0) is 10.0 Å². The van der Waals surface area contributed by atoms with Crippen LogP contribution in [0.3, 0.4) is 0 Å². The lowest BCUT2D eigenvalue weighted by Gasteiger charge is -2.35. The molecule has 1 amide bonds. The predicted molar refractivity (Wildman–Crippen MR) is 89.6 cm³/mol. The molecule has 0 spiro atoms. The number of carbonyl (C=O) groups is 1. The number of benzene rings is 1. The molecule has 1 heterocycles. The fraction of sp³-hybridized carbons (Fsp3) is 0.533. The number of methoxy groups -OCH3 is 1. The number of likely N-dealkylation sites (N-methyl/N-ethyl adjacent to an activating group) is 1. The van der Waals surface area contributed by atoms with E-state index < -0.39 is 15.9 Å². The number of anilines is 1. The van der Waals surface area contributed by atoms with E-state index in [0.29, 0.717) is 5.75 Å². The van der Waals surface area contributed by atoms with E-state index in [1.807, 2.05) is 10.8 Å². The molecule has 0 radical (unpaired) electrons. The maximum Gasteiger partial charge on any atom is 0.268 e. The number of nitrogens with one attached hydrogen (secondary N) is 1. The van der Waals surface area contributed by atoms with Gasteiger partial charge in [0.25, 0.3) is 5.91 Å². The van der Waals surface area contributed by atoms with Gasteiger partial charge in [0.05, 0.1) is 18.9 Å². The fourth-order valence-corrected chi connectivity index (χ4v) is 3.06. The first-order valence-corrected chi connectivity index (χ1v) is 9.40. The molecule has 1 aliphatic rings. The van der Waals surface area contributed by atoms with Crippen LogP contribution < -0.4 is 14.4 Å². The van der Waals surface area contributed by atoms with Crippen molar-refractivity contribution in [2.75, 3.05) is 51.0 Å². The van der Waals surface area contributed by atoms with Gasteiger partial charge in [0.1, 0.15) is 5.75 Å². The van der Waals surface area contributed by atoms with Crippen molar-refractivity contribution in [1.82, 2.24) is 9.62 Å². The maximum atomic E-state index is 12.0. The molecule has 1 fully saturated rings. The molecule has 8 heteroatoms. The molecule has 7 nitrogen and oxygen atoms in total. The van der Waals surface area contributed by atoms with Crippen LogP contribution in [0.2, 0.25) is 0 Å². The van der Waals surface area contributed by atoms with E-state index in [2.05, 4.69) is 16.7 Å². The van der Waals surface area contributed by atoms with E-state index in [-0.39, 0.29) is 5.56 Å². The van der Waals surface area contributed by atoms with E-state index in [4.69, 9.17) is 4.74 Å². The smallest absolute Gasteiger partial charge is 0.268 e. The van der Waals surface area contributed by atoms with Gasteiger partial charge in [0.2, 0.25) is 10.0 Å². The maximum absolute atomic E-state index is 12.0. The SMILES string of the molecule is CCN1CCN(c2ccc(C(=O)NS(C)(=O)=O)c(OC)c2)CC1. The van der Waals surface area contributed by atoms with Crippen molar-refractivity contribution < 1.29 is 17.9 Å². The summed E-state index contributed by atoms with van der Waals surface area (Å²) < 4.78 is 29.6. The number of nitrogens with zero attached hydrogens (tertiary/aromatic N) is 2. The summed E-state index contributed by atoms with van der Waals surface area (Å²) in [5.41, 5.74) is 1.17. The van der Waals surface area contributed by atoms with Gasteiger partial charge in [-0.15, -0.1) is 0 Å². The second-order valence-corrected chi connectivity index (χ2v) is 7.26. The number of rotatable bonds is 5. The Balaban J connectivity index is 2.18. The highest BCUT2D eigenvalue weighted by Gasteiger charge is 2.20. The quantitative estimate of drug-likeness (QED) is 0.841. The molecule has 1 aliphatic heterocycles. The molecule has 23 heavy (non-hydrogen) atoms. The lowest BCUT2D eigenvalue weighted by atomic mass is 10.1. The van der Waals surface area contributed by atoms with Crippen LogP contribution >= 0.6 is 0 Å². The van der Waals surface area contributed by atoms with Gasteiger partial charge >= 0.3 is 0 Å². The summed E-state index contributed by atoms with van der Waals surface area (Å²) in [6.45, 7) is 7.00. The Morgan fingerprint density at radius 2 is 1.91 bits per heavy atom. The minimum Gasteiger partial charge on any atom is -0.496 e. The number of hydrogen-bond donors (Lipinski definition) is 1. The number of hydrogen-bond acceptors (Lipinski definition) is 6. The van der Waals surface area contributed by atoms with E-state index in [0.717, 1.165) is 44.7 Å². The Kier molecular flexibility index (Phi) is 5.48. The van der Waals surface area contributed by atoms with Crippen LogP contribution in [0, 0.1) is 0 Å². The van der Waals surface area contributed by atoms with Gasteiger partial charge in [0.15, 0.2) is 0 Å². The number of carbonyl (C=O) groups excluding carboxylic acids is 1. The van der Waals surface area contributed by atoms with Gasteiger partial charge in [-0.1, -0.05) is 6.92 Å².